The lowest BCUT2D eigenvalue weighted by Gasteiger charge is -1.99. The van der Waals surface area contributed by atoms with Crippen molar-refractivity contribution in [3.8, 4) is 11.5 Å². The van der Waals surface area contributed by atoms with E-state index in [2.05, 4.69) is 20.1 Å². The van der Waals surface area contributed by atoms with Gasteiger partial charge in [-0.25, -0.2) is 9.97 Å². The van der Waals surface area contributed by atoms with Crippen LogP contribution in [0, 0.1) is 6.92 Å². The molecule has 0 bridgehead atoms. The van der Waals surface area contributed by atoms with Crippen LogP contribution in [0.15, 0.2) is 16.8 Å². The smallest absolute Gasteiger partial charge is 0.259 e. The highest BCUT2D eigenvalue weighted by Crippen LogP contribution is 2.33. The molecule has 3 aromatic rings. The zero-order valence-corrected chi connectivity index (χ0v) is 12.0. The van der Waals surface area contributed by atoms with Crippen LogP contribution in [-0.4, -0.2) is 20.1 Å². The van der Waals surface area contributed by atoms with E-state index >= 15 is 0 Å². The van der Waals surface area contributed by atoms with Crippen molar-refractivity contribution in [3.63, 3.8) is 0 Å². The second-order valence-corrected chi connectivity index (χ2v) is 6.40. The van der Waals surface area contributed by atoms with Gasteiger partial charge in [0.15, 0.2) is 5.82 Å². The van der Waals surface area contributed by atoms with Gasteiger partial charge < -0.3 is 4.52 Å². The zero-order valence-electron chi connectivity index (χ0n) is 11.2. The number of aromatic nitrogens is 4. The Morgan fingerprint density at radius 3 is 2.95 bits per heavy atom. The molecule has 1 saturated carbocycles. The van der Waals surface area contributed by atoms with Gasteiger partial charge in [-0.1, -0.05) is 29.3 Å². The Morgan fingerprint density at radius 2 is 2.10 bits per heavy atom. The molecule has 0 atom stereocenters. The quantitative estimate of drug-likeness (QED) is 0.718. The third-order valence-electron chi connectivity index (χ3n) is 3.76. The molecular weight excluding hydrogens is 272 g/mol. The summed E-state index contributed by atoms with van der Waals surface area (Å²) in [4.78, 5) is 14.3. The normalized spacial score (nSPS) is 16.2. The van der Waals surface area contributed by atoms with Gasteiger partial charge in [-0.15, -0.1) is 0 Å². The van der Waals surface area contributed by atoms with Crippen LogP contribution in [0.3, 0.4) is 0 Å². The molecule has 0 radical (unpaired) electrons. The van der Waals surface area contributed by atoms with Crippen molar-refractivity contribution in [2.45, 2.75) is 38.5 Å². The van der Waals surface area contributed by atoms with Gasteiger partial charge in [-0.05, 0) is 25.8 Å². The zero-order chi connectivity index (χ0) is 13.5. The first kappa shape index (κ1) is 12.0. The van der Waals surface area contributed by atoms with E-state index in [0.29, 0.717) is 11.8 Å². The molecule has 0 spiro atoms. The predicted molar refractivity (Wildman–Crippen MR) is 76.7 cm³/mol. The third-order valence-corrected chi connectivity index (χ3v) is 4.66. The minimum atomic E-state index is 0.464. The molecule has 3 aromatic heterocycles. The van der Waals surface area contributed by atoms with Gasteiger partial charge in [-0.3, -0.25) is 0 Å². The minimum absolute atomic E-state index is 0.464. The van der Waals surface area contributed by atoms with Crippen molar-refractivity contribution in [1.82, 2.24) is 20.1 Å². The van der Waals surface area contributed by atoms with Gasteiger partial charge in [0, 0.05) is 12.1 Å². The van der Waals surface area contributed by atoms with Crippen LogP contribution < -0.4 is 0 Å². The van der Waals surface area contributed by atoms with Crippen molar-refractivity contribution in [1.29, 1.82) is 0 Å². The van der Waals surface area contributed by atoms with E-state index in [-0.39, 0.29) is 0 Å². The second-order valence-electron chi connectivity index (χ2n) is 5.22. The Hall–Kier alpha value is -1.82. The Bertz CT molecular complexity index is 757. The van der Waals surface area contributed by atoms with Crippen molar-refractivity contribution < 1.29 is 4.52 Å². The van der Waals surface area contributed by atoms with Crippen LogP contribution in [0.1, 0.15) is 42.4 Å². The van der Waals surface area contributed by atoms with Gasteiger partial charge in [0.1, 0.15) is 10.3 Å². The molecule has 0 saturated heterocycles. The standard InChI is InChI=1S/C14H14N4OS/c1-8-16-11-6-10(7-15-14(11)20-8)13-17-12(18-19-13)9-4-2-3-5-9/h6-7,9H,2-5H2,1H3. The molecule has 0 N–H and O–H groups in total. The third kappa shape index (κ3) is 2.00. The summed E-state index contributed by atoms with van der Waals surface area (Å²) >= 11 is 1.59. The van der Waals surface area contributed by atoms with Crippen LogP contribution >= 0.6 is 11.3 Å². The fourth-order valence-corrected chi connectivity index (χ4v) is 3.49. The molecule has 5 nitrogen and oxygen atoms in total. The number of nitrogens with zero attached hydrogens (tertiary/aromatic N) is 4. The maximum atomic E-state index is 5.39. The number of aryl methyl sites for hydroxylation is 1. The fourth-order valence-electron chi connectivity index (χ4n) is 2.75. The Balaban J connectivity index is 1.71. The van der Waals surface area contributed by atoms with E-state index in [1.165, 1.54) is 25.7 Å². The highest BCUT2D eigenvalue weighted by Gasteiger charge is 2.22. The first-order valence-electron chi connectivity index (χ1n) is 6.87. The van der Waals surface area contributed by atoms with E-state index in [1.54, 1.807) is 17.5 Å². The van der Waals surface area contributed by atoms with E-state index in [4.69, 9.17) is 4.52 Å². The average molecular weight is 286 g/mol. The number of hydrogen-bond acceptors (Lipinski definition) is 6. The summed E-state index contributed by atoms with van der Waals surface area (Å²) in [6.07, 6.45) is 6.65. The highest BCUT2D eigenvalue weighted by atomic mass is 32.1. The summed E-state index contributed by atoms with van der Waals surface area (Å²) in [5.41, 5.74) is 1.74. The number of pyridine rings is 1. The van der Waals surface area contributed by atoms with E-state index in [1.807, 2.05) is 13.0 Å². The maximum Gasteiger partial charge on any atom is 0.259 e. The van der Waals surface area contributed by atoms with Gasteiger partial charge in [0.05, 0.1) is 10.6 Å². The maximum absolute atomic E-state index is 5.39. The summed E-state index contributed by atoms with van der Waals surface area (Å²) in [7, 11) is 0. The monoisotopic (exact) mass is 286 g/mol. The van der Waals surface area contributed by atoms with Crippen LogP contribution in [0.5, 0.6) is 0 Å². The van der Waals surface area contributed by atoms with Crippen molar-refractivity contribution in [3.05, 3.63) is 23.1 Å². The number of thiazole rings is 1. The lowest BCUT2D eigenvalue weighted by molar-refractivity contribution is 0.415. The van der Waals surface area contributed by atoms with Gasteiger partial charge in [-0.2, -0.15) is 4.98 Å². The summed E-state index contributed by atoms with van der Waals surface area (Å²) < 4.78 is 5.39. The van der Waals surface area contributed by atoms with Crippen molar-refractivity contribution in [2.75, 3.05) is 0 Å². The van der Waals surface area contributed by atoms with Gasteiger partial charge in [0.2, 0.25) is 0 Å². The Kier molecular flexibility index (Phi) is 2.77. The molecule has 4 rings (SSSR count). The fraction of sp³-hybridized carbons (Fsp3) is 0.429. The molecule has 6 heteroatoms. The SMILES string of the molecule is Cc1nc2cc(-c3nc(C4CCCC4)no3)cnc2s1. The number of rotatable bonds is 2. The molecule has 20 heavy (non-hydrogen) atoms. The molecule has 0 aliphatic heterocycles. The summed E-state index contributed by atoms with van der Waals surface area (Å²) in [6, 6.07) is 1.97. The Labute approximate surface area is 120 Å². The molecule has 0 amide bonds. The van der Waals surface area contributed by atoms with Crippen molar-refractivity contribution in [2.24, 2.45) is 0 Å². The molecule has 1 aliphatic carbocycles. The molecule has 1 fully saturated rings. The number of hydrogen-bond donors (Lipinski definition) is 0. The first-order valence-corrected chi connectivity index (χ1v) is 7.68. The summed E-state index contributed by atoms with van der Waals surface area (Å²) in [5, 5.41) is 5.14. The predicted octanol–water partition coefficient (Wildman–Crippen LogP) is 3.71. The molecule has 3 heterocycles. The molecular formula is C14H14N4OS. The van der Waals surface area contributed by atoms with Crippen LogP contribution in [0.4, 0.5) is 0 Å². The second kappa shape index (κ2) is 4.63. The van der Waals surface area contributed by atoms with Crippen LogP contribution in [0.25, 0.3) is 21.8 Å². The Morgan fingerprint density at radius 1 is 1.25 bits per heavy atom. The lowest BCUT2D eigenvalue weighted by atomic mass is 10.1. The topological polar surface area (TPSA) is 64.7 Å². The largest absolute Gasteiger partial charge is 0.334 e. The molecule has 0 aromatic carbocycles. The molecule has 102 valence electrons. The lowest BCUT2D eigenvalue weighted by Crippen LogP contribution is -1.94. The van der Waals surface area contributed by atoms with Crippen molar-refractivity contribution >= 4 is 21.7 Å². The first-order chi connectivity index (χ1) is 9.79. The average Bonchev–Trinajstić information content (AvgIpc) is 3.17. The number of fused-ring (bicyclic) bond motifs is 1. The summed E-state index contributed by atoms with van der Waals surface area (Å²) in [6.45, 7) is 1.98. The van der Waals surface area contributed by atoms with Gasteiger partial charge >= 0.3 is 0 Å². The minimum Gasteiger partial charge on any atom is -0.334 e. The highest BCUT2D eigenvalue weighted by molar-refractivity contribution is 7.18. The molecule has 0 unspecified atom stereocenters. The van der Waals surface area contributed by atoms with Crippen LogP contribution in [0.2, 0.25) is 0 Å². The summed E-state index contributed by atoms with van der Waals surface area (Å²) in [5.74, 6) is 1.85. The van der Waals surface area contributed by atoms with E-state index in [0.717, 1.165) is 26.7 Å². The van der Waals surface area contributed by atoms with Crippen LogP contribution in [-0.2, 0) is 0 Å². The molecule has 1 aliphatic rings. The van der Waals surface area contributed by atoms with E-state index < -0.39 is 0 Å². The van der Waals surface area contributed by atoms with Gasteiger partial charge in [0.25, 0.3) is 5.89 Å². The van der Waals surface area contributed by atoms with E-state index in [9.17, 15) is 0 Å².